The molecule has 0 bridgehead atoms. The van der Waals surface area contributed by atoms with E-state index in [0.717, 1.165) is 5.56 Å². The van der Waals surface area contributed by atoms with E-state index in [1.165, 1.54) is 11.8 Å². The highest BCUT2D eigenvalue weighted by molar-refractivity contribution is 6.31. The molecule has 4 amide bonds. The summed E-state index contributed by atoms with van der Waals surface area (Å²) in [5, 5.41) is 12.3. The number of fused-ring (bicyclic) bond motifs is 1. The summed E-state index contributed by atoms with van der Waals surface area (Å²) in [6.45, 7) is 14.7. The van der Waals surface area contributed by atoms with Gasteiger partial charge in [0.15, 0.2) is 6.61 Å². The second-order valence-electron chi connectivity index (χ2n) is 16.2. The Morgan fingerprint density at radius 1 is 1.09 bits per heavy atom. The van der Waals surface area contributed by atoms with Crippen LogP contribution in [0.2, 0.25) is 5.02 Å². The average Bonchev–Trinajstić information content (AvgIpc) is 3.61. The maximum absolute atomic E-state index is 13.7. The SMILES string of the molecule is CC(=O)O[C@@H]1C[C@@H](C(N)=O)N(C(=O)[C@@H](NC(=O)CONc2ccc3c(c2)CN(C2C(C)(C)C(Oc4ccc(C#N)c(Cl)c4)C2(C)C)C3=O)C(C)(C)C)C1. The Morgan fingerprint density at radius 3 is 2.36 bits per heavy atom. The first-order valence-electron chi connectivity index (χ1n) is 17.4. The van der Waals surface area contributed by atoms with E-state index in [1.54, 1.807) is 57.2 Å². The van der Waals surface area contributed by atoms with Crippen LogP contribution in [-0.2, 0) is 35.3 Å². The number of nitriles is 1. The molecule has 4 N–H and O–H groups in total. The van der Waals surface area contributed by atoms with Crippen molar-refractivity contribution in [3.63, 3.8) is 0 Å². The van der Waals surface area contributed by atoms with Crippen LogP contribution in [0.25, 0.3) is 0 Å². The molecule has 2 aromatic carbocycles. The third-order valence-corrected chi connectivity index (χ3v) is 10.7. The van der Waals surface area contributed by atoms with Crippen LogP contribution in [0.5, 0.6) is 5.75 Å². The zero-order valence-electron chi connectivity index (χ0n) is 31.2. The highest BCUT2D eigenvalue weighted by Crippen LogP contribution is 2.59. The second-order valence-corrected chi connectivity index (χ2v) is 16.6. The van der Waals surface area contributed by atoms with Gasteiger partial charge in [-0.3, -0.25) is 34.3 Å². The van der Waals surface area contributed by atoms with Crippen LogP contribution in [-0.4, -0.2) is 82.9 Å². The molecule has 2 fully saturated rings. The number of primary amides is 1. The molecule has 0 aromatic heterocycles. The van der Waals surface area contributed by atoms with Gasteiger partial charge in [0.2, 0.25) is 17.7 Å². The van der Waals surface area contributed by atoms with Gasteiger partial charge < -0.3 is 30.3 Å². The van der Waals surface area contributed by atoms with E-state index in [1.807, 2.05) is 11.0 Å². The number of anilines is 1. The predicted octanol–water partition coefficient (Wildman–Crippen LogP) is 3.94. The number of esters is 1. The van der Waals surface area contributed by atoms with Gasteiger partial charge in [0.25, 0.3) is 5.91 Å². The highest BCUT2D eigenvalue weighted by atomic mass is 35.5. The molecule has 1 saturated carbocycles. The number of halogens is 1. The van der Waals surface area contributed by atoms with E-state index in [-0.39, 0.29) is 31.0 Å². The monoisotopic (exact) mass is 750 g/mol. The van der Waals surface area contributed by atoms with Crippen molar-refractivity contribution in [2.45, 2.75) is 98.7 Å². The minimum atomic E-state index is -1.04. The standard InChI is InChI=1S/C38H47ClN6O8/c1-20(46)52-25-15-28(31(41)48)44(18-25)33(50)30(36(2,3)4)42-29(47)19-51-43-23-10-12-26-22(13-23)17-45(32(26)49)34-37(5,6)35(38(34,7)8)53-24-11-9-21(16-40)27(39)14-24/h9-14,25,28,30,34-35,43H,15,17-19H2,1-8H3,(H2,41,48)(H,42,47)/t25-,28+,30-,34?,35?/m1/s1. The number of amides is 4. The van der Waals surface area contributed by atoms with Gasteiger partial charge in [-0.2, -0.15) is 5.26 Å². The molecule has 284 valence electrons. The van der Waals surface area contributed by atoms with Crippen LogP contribution < -0.4 is 21.3 Å². The lowest BCUT2D eigenvalue weighted by Gasteiger charge is -2.65. The number of carbonyl (C=O) groups excluding carboxylic acids is 5. The van der Waals surface area contributed by atoms with E-state index in [9.17, 15) is 29.2 Å². The number of ether oxygens (including phenoxy) is 2. The van der Waals surface area contributed by atoms with Crippen LogP contribution in [0.15, 0.2) is 36.4 Å². The molecule has 2 aromatic rings. The van der Waals surface area contributed by atoms with Crippen molar-refractivity contribution in [1.82, 2.24) is 15.1 Å². The minimum Gasteiger partial charge on any atom is -0.489 e. The van der Waals surface area contributed by atoms with Crippen LogP contribution >= 0.6 is 11.6 Å². The van der Waals surface area contributed by atoms with Crippen molar-refractivity contribution in [3.05, 3.63) is 58.1 Å². The van der Waals surface area contributed by atoms with Crippen molar-refractivity contribution in [3.8, 4) is 11.8 Å². The van der Waals surface area contributed by atoms with Gasteiger partial charge in [-0.15, -0.1) is 0 Å². The summed E-state index contributed by atoms with van der Waals surface area (Å²) >= 11 is 6.25. The molecule has 3 atom stereocenters. The fourth-order valence-electron chi connectivity index (χ4n) is 8.46. The molecule has 2 aliphatic heterocycles. The van der Waals surface area contributed by atoms with E-state index in [2.05, 4.69) is 38.5 Å². The number of nitrogens with one attached hydrogen (secondary N) is 2. The Bertz CT molecular complexity index is 1850. The van der Waals surface area contributed by atoms with Crippen LogP contribution in [0.3, 0.4) is 0 Å². The van der Waals surface area contributed by atoms with Gasteiger partial charge in [0, 0.05) is 48.4 Å². The highest BCUT2D eigenvalue weighted by Gasteiger charge is 2.67. The lowest BCUT2D eigenvalue weighted by Crippen LogP contribution is -2.74. The Morgan fingerprint density at radius 2 is 1.77 bits per heavy atom. The van der Waals surface area contributed by atoms with Crippen molar-refractivity contribution < 1.29 is 38.3 Å². The molecule has 53 heavy (non-hydrogen) atoms. The van der Waals surface area contributed by atoms with Crippen molar-refractivity contribution in [1.29, 1.82) is 5.26 Å². The summed E-state index contributed by atoms with van der Waals surface area (Å²) in [5.74, 6) is -1.93. The lowest BCUT2D eigenvalue weighted by atomic mass is 9.49. The molecular weight excluding hydrogens is 704 g/mol. The molecule has 14 nitrogen and oxygen atoms in total. The number of nitrogens with zero attached hydrogens (tertiary/aromatic N) is 3. The van der Waals surface area contributed by atoms with Crippen LogP contribution in [0, 0.1) is 27.6 Å². The number of rotatable bonds is 11. The zero-order valence-corrected chi connectivity index (χ0v) is 32.0. The van der Waals surface area contributed by atoms with E-state index < -0.39 is 64.7 Å². The van der Waals surface area contributed by atoms with E-state index >= 15 is 0 Å². The number of benzene rings is 2. The summed E-state index contributed by atoms with van der Waals surface area (Å²) in [6.07, 6.45) is -0.864. The van der Waals surface area contributed by atoms with Gasteiger partial charge >= 0.3 is 5.97 Å². The Hall–Kier alpha value is -4.87. The number of carbonyl (C=O) groups is 5. The Kier molecular flexibility index (Phi) is 10.8. The maximum Gasteiger partial charge on any atom is 0.302 e. The molecule has 15 heteroatoms. The Balaban J connectivity index is 1.19. The minimum absolute atomic E-state index is 0.0250. The van der Waals surface area contributed by atoms with Gasteiger partial charge in [-0.25, -0.2) is 0 Å². The number of hydrogen-bond acceptors (Lipinski definition) is 10. The van der Waals surface area contributed by atoms with Gasteiger partial charge in [0.05, 0.1) is 22.8 Å². The molecule has 1 aliphatic carbocycles. The first-order chi connectivity index (χ1) is 24.7. The normalized spacial score (nSPS) is 23.3. The molecule has 0 unspecified atom stereocenters. The molecule has 0 spiro atoms. The zero-order chi connectivity index (χ0) is 39.2. The first-order valence-corrected chi connectivity index (χ1v) is 17.8. The summed E-state index contributed by atoms with van der Waals surface area (Å²) in [7, 11) is 0. The third-order valence-electron chi connectivity index (χ3n) is 10.3. The molecule has 1 saturated heterocycles. The van der Waals surface area contributed by atoms with Crippen LogP contribution in [0.4, 0.5) is 5.69 Å². The molecule has 2 heterocycles. The molecular formula is C38H47ClN6O8. The average molecular weight is 751 g/mol. The largest absolute Gasteiger partial charge is 0.489 e. The van der Waals surface area contributed by atoms with Crippen molar-refractivity contribution >= 4 is 46.9 Å². The summed E-state index contributed by atoms with van der Waals surface area (Å²) in [6, 6.07) is 10.1. The number of nitrogens with two attached hydrogens (primary N) is 1. The Labute approximate surface area is 314 Å². The third kappa shape index (κ3) is 7.77. The fourth-order valence-corrected chi connectivity index (χ4v) is 8.67. The molecule has 3 aliphatic rings. The smallest absolute Gasteiger partial charge is 0.302 e. The number of hydrogen-bond donors (Lipinski definition) is 3. The summed E-state index contributed by atoms with van der Waals surface area (Å²) < 4.78 is 11.6. The maximum atomic E-state index is 13.7. The second kappa shape index (κ2) is 14.5. The van der Waals surface area contributed by atoms with Crippen LogP contribution in [0.1, 0.15) is 83.3 Å². The molecule has 0 radical (unpaired) electrons. The molecule has 5 rings (SSSR count). The van der Waals surface area contributed by atoms with E-state index in [4.69, 9.17) is 31.6 Å². The summed E-state index contributed by atoms with van der Waals surface area (Å²) in [4.78, 5) is 72.7. The van der Waals surface area contributed by atoms with Gasteiger partial charge in [0.1, 0.15) is 36.1 Å². The number of likely N-dealkylation sites (tertiary alicyclic amines) is 1. The van der Waals surface area contributed by atoms with Crippen molar-refractivity contribution in [2.75, 3.05) is 18.6 Å². The lowest BCUT2D eigenvalue weighted by molar-refractivity contribution is -0.199. The predicted molar refractivity (Wildman–Crippen MR) is 194 cm³/mol. The van der Waals surface area contributed by atoms with Crippen molar-refractivity contribution in [2.24, 2.45) is 22.0 Å². The van der Waals surface area contributed by atoms with E-state index in [0.29, 0.717) is 34.1 Å². The summed E-state index contributed by atoms with van der Waals surface area (Å²) in [5.41, 5.74) is 8.98. The topological polar surface area (TPSA) is 193 Å². The van der Waals surface area contributed by atoms with Gasteiger partial charge in [-0.05, 0) is 41.3 Å². The first kappa shape index (κ1) is 39.3. The van der Waals surface area contributed by atoms with Gasteiger partial charge in [-0.1, -0.05) is 60.1 Å². The fraction of sp³-hybridized carbons (Fsp3) is 0.526. The quantitative estimate of drug-likeness (QED) is 0.224.